The van der Waals surface area contributed by atoms with Crippen LogP contribution in [0.15, 0.2) is 16.6 Å². The summed E-state index contributed by atoms with van der Waals surface area (Å²) in [6.07, 6.45) is 3.02. The number of halogens is 2. The summed E-state index contributed by atoms with van der Waals surface area (Å²) < 4.78 is 19.5. The van der Waals surface area contributed by atoms with E-state index in [1.165, 1.54) is 0 Å². The van der Waals surface area contributed by atoms with Crippen LogP contribution in [-0.4, -0.2) is 19.8 Å². The Bertz CT molecular complexity index is 446. The van der Waals surface area contributed by atoms with Crippen LogP contribution in [0.3, 0.4) is 0 Å². The molecule has 0 aliphatic rings. The molecule has 1 aromatic carbocycles. The number of benzene rings is 1. The second-order valence-corrected chi connectivity index (χ2v) is 4.94. The summed E-state index contributed by atoms with van der Waals surface area (Å²) in [5.41, 5.74) is 0.699. The molecule has 3 nitrogen and oxygen atoms in total. The molecule has 5 heteroatoms. The average molecular weight is 329 g/mol. The molecule has 0 saturated heterocycles. The first-order valence-electron chi connectivity index (χ1n) is 6.40. The molecule has 0 spiro atoms. The van der Waals surface area contributed by atoms with Crippen molar-refractivity contribution in [3.8, 4) is 6.07 Å². The van der Waals surface area contributed by atoms with E-state index in [1.807, 2.05) is 6.07 Å². The molecule has 0 saturated carbocycles. The van der Waals surface area contributed by atoms with Gasteiger partial charge in [0.1, 0.15) is 6.07 Å². The predicted molar refractivity (Wildman–Crippen MR) is 77.6 cm³/mol. The molecule has 0 amide bonds. The first kappa shape index (κ1) is 15.9. The third kappa shape index (κ3) is 5.17. The smallest absolute Gasteiger partial charge is 0.161 e. The van der Waals surface area contributed by atoms with Crippen molar-refractivity contribution in [1.82, 2.24) is 0 Å². The molecule has 19 heavy (non-hydrogen) atoms. The fraction of sp³-hybridized carbons (Fsp3) is 0.500. The van der Waals surface area contributed by atoms with Gasteiger partial charge in [0.25, 0.3) is 0 Å². The lowest BCUT2D eigenvalue weighted by molar-refractivity contribution is 0.131. The van der Waals surface area contributed by atoms with Gasteiger partial charge in [0.15, 0.2) is 5.82 Å². The van der Waals surface area contributed by atoms with Crippen LogP contribution < -0.4 is 5.32 Å². The minimum Gasteiger partial charge on any atom is -0.383 e. The monoisotopic (exact) mass is 328 g/mol. The van der Waals surface area contributed by atoms with Crippen LogP contribution >= 0.6 is 15.9 Å². The van der Waals surface area contributed by atoms with Gasteiger partial charge in [0, 0.05) is 19.8 Å². The molecule has 0 heterocycles. The number of ether oxygens (including phenoxy) is 1. The second kappa shape index (κ2) is 8.89. The normalized spacial score (nSPS) is 10.2. The Morgan fingerprint density at radius 2 is 2.11 bits per heavy atom. The van der Waals surface area contributed by atoms with Gasteiger partial charge in [0.2, 0.25) is 0 Å². The van der Waals surface area contributed by atoms with E-state index in [1.54, 1.807) is 12.1 Å². The van der Waals surface area contributed by atoms with Crippen molar-refractivity contribution < 1.29 is 9.13 Å². The van der Waals surface area contributed by atoms with E-state index in [0.29, 0.717) is 24.4 Å². The zero-order chi connectivity index (χ0) is 14.1. The number of nitrogens with zero attached hydrogens (tertiary/aromatic N) is 1. The number of unbranched alkanes of at least 4 members (excludes halogenated alkanes) is 1. The Balaban J connectivity index is 2.34. The topological polar surface area (TPSA) is 45.0 Å². The van der Waals surface area contributed by atoms with Crippen LogP contribution in [0, 0.1) is 17.1 Å². The fourth-order valence-electron chi connectivity index (χ4n) is 1.52. The highest BCUT2D eigenvalue weighted by Crippen LogP contribution is 2.26. The van der Waals surface area contributed by atoms with E-state index in [4.69, 9.17) is 10.00 Å². The molecule has 0 aliphatic carbocycles. The van der Waals surface area contributed by atoms with Crippen LogP contribution in [-0.2, 0) is 4.74 Å². The van der Waals surface area contributed by atoms with E-state index >= 15 is 0 Å². The molecule has 1 rings (SSSR count). The molecular weight excluding hydrogens is 311 g/mol. The van der Waals surface area contributed by atoms with E-state index in [-0.39, 0.29) is 4.47 Å². The second-order valence-electron chi connectivity index (χ2n) is 4.15. The largest absolute Gasteiger partial charge is 0.383 e. The van der Waals surface area contributed by atoms with Crippen LogP contribution in [0.1, 0.15) is 31.7 Å². The molecule has 0 atom stereocenters. The summed E-state index contributed by atoms with van der Waals surface area (Å²) in [4.78, 5) is 0. The van der Waals surface area contributed by atoms with Crippen molar-refractivity contribution in [2.75, 3.05) is 25.1 Å². The standard InChI is InChI=1S/C14H18BrFN2O/c1-2-3-8-19-9-4-7-18-12-6-5-11(10-17)13(15)14(12)16/h5-6,18H,2-4,7-9H2,1H3. The quantitative estimate of drug-likeness (QED) is 0.731. The lowest BCUT2D eigenvalue weighted by Crippen LogP contribution is -2.08. The molecule has 1 aromatic rings. The summed E-state index contributed by atoms with van der Waals surface area (Å²) in [6, 6.07) is 5.10. The predicted octanol–water partition coefficient (Wildman–Crippen LogP) is 4.08. The van der Waals surface area contributed by atoms with E-state index in [9.17, 15) is 4.39 Å². The number of hydrogen-bond acceptors (Lipinski definition) is 3. The first-order chi connectivity index (χ1) is 9.20. The molecule has 0 aliphatic heterocycles. The maximum Gasteiger partial charge on any atom is 0.161 e. The molecular formula is C14H18BrFN2O. The molecule has 0 radical (unpaired) electrons. The van der Waals surface area contributed by atoms with Crippen LogP contribution in [0.5, 0.6) is 0 Å². The fourth-order valence-corrected chi connectivity index (χ4v) is 1.95. The van der Waals surface area contributed by atoms with Crippen molar-refractivity contribution in [3.05, 3.63) is 28.0 Å². The summed E-state index contributed by atoms with van der Waals surface area (Å²) in [6.45, 7) is 4.22. The molecule has 104 valence electrons. The molecule has 0 fully saturated rings. The Labute approximate surface area is 121 Å². The Morgan fingerprint density at radius 1 is 1.37 bits per heavy atom. The van der Waals surface area contributed by atoms with Gasteiger partial charge in [-0.3, -0.25) is 0 Å². The highest BCUT2D eigenvalue weighted by Gasteiger charge is 2.10. The number of anilines is 1. The van der Waals surface area contributed by atoms with E-state index in [0.717, 1.165) is 25.9 Å². The molecule has 0 aromatic heterocycles. The Morgan fingerprint density at radius 3 is 2.79 bits per heavy atom. The van der Waals surface area contributed by atoms with Crippen molar-refractivity contribution >= 4 is 21.6 Å². The van der Waals surface area contributed by atoms with E-state index in [2.05, 4.69) is 28.2 Å². The Kier molecular flexibility index (Phi) is 7.46. The lowest BCUT2D eigenvalue weighted by Gasteiger charge is -2.09. The van der Waals surface area contributed by atoms with E-state index < -0.39 is 5.82 Å². The third-order valence-electron chi connectivity index (χ3n) is 2.63. The maximum atomic E-state index is 13.8. The summed E-state index contributed by atoms with van der Waals surface area (Å²) in [7, 11) is 0. The minimum absolute atomic E-state index is 0.208. The van der Waals surface area contributed by atoms with Gasteiger partial charge in [-0.1, -0.05) is 13.3 Å². The number of hydrogen-bond donors (Lipinski definition) is 1. The maximum absolute atomic E-state index is 13.8. The first-order valence-corrected chi connectivity index (χ1v) is 7.19. The Hall–Kier alpha value is -1.12. The minimum atomic E-state index is -0.425. The summed E-state index contributed by atoms with van der Waals surface area (Å²) in [5, 5.41) is 11.8. The highest BCUT2D eigenvalue weighted by atomic mass is 79.9. The van der Waals surface area contributed by atoms with Gasteiger partial charge in [0.05, 0.1) is 15.7 Å². The SMILES string of the molecule is CCCCOCCCNc1ccc(C#N)c(Br)c1F. The van der Waals surface area contributed by atoms with Gasteiger partial charge >= 0.3 is 0 Å². The molecule has 0 unspecified atom stereocenters. The zero-order valence-electron chi connectivity index (χ0n) is 11.0. The van der Waals surface area contributed by atoms with Crippen LogP contribution in [0.25, 0.3) is 0 Å². The number of rotatable bonds is 8. The van der Waals surface area contributed by atoms with Crippen molar-refractivity contribution in [2.24, 2.45) is 0 Å². The van der Waals surface area contributed by atoms with Crippen LogP contribution in [0.2, 0.25) is 0 Å². The number of nitrogens with one attached hydrogen (secondary N) is 1. The lowest BCUT2D eigenvalue weighted by atomic mass is 10.2. The summed E-state index contributed by atoms with van der Waals surface area (Å²) in [5.74, 6) is -0.425. The molecule has 0 bridgehead atoms. The van der Waals surface area contributed by atoms with Crippen molar-refractivity contribution in [1.29, 1.82) is 5.26 Å². The third-order valence-corrected chi connectivity index (χ3v) is 3.40. The molecule has 1 N–H and O–H groups in total. The zero-order valence-corrected chi connectivity index (χ0v) is 12.6. The van der Waals surface area contributed by atoms with Gasteiger partial charge in [-0.15, -0.1) is 0 Å². The van der Waals surface area contributed by atoms with Crippen LogP contribution in [0.4, 0.5) is 10.1 Å². The van der Waals surface area contributed by atoms with Gasteiger partial charge in [-0.25, -0.2) is 4.39 Å². The summed E-state index contributed by atoms with van der Waals surface area (Å²) >= 11 is 3.08. The highest BCUT2D eigenvalue weighted by molar-refractivity contribution is 9.10. The van der Waals surface area contributed by atoms with Gasteiger partial charge in [-0.05, 0) is 40.9 Å². The van der Waals surface area contributed by atoms with Crippen molar-refractivity contribution in [3.63, 3.8) is 0 Å². The number of nitriles is 1. The van der Waals surface area contributed by atoms with Gasteiger partial charge in [-0.2, -0.15) is 5.26 Å². The van der Waals surface area contributed by atoms with Gasteiger partial charge < -0.3 is 10.1 Å². The average Bonchev–Trinajstić information content (AvgIpc) is 2.42. The van der Waals surface area contributed by atoms with Crippen molar-refractivity contribution in [2.45, 2.75) is 26.2 Å².